The molecule has 0 saturated heterocycles. The van der Waals surface area contributed by atoms with Gasteiger partial charge >= 0.3 is 0 Å². The number of rotatable bonds is 5. The van der Waals surface area contributed by atoms with E-state index in [9.17, 15) is 5.11 Å². The number of nitrogens with zero attached hydrogens (tertiary/aromatic N) is 1. The van der Waals surface area contributed by atoms with Gasteiger partial charge in [-0.05, 0) is 37.8 Å². The van der Waals surface area contributed by atoms with Gasteiger partial charge in [0.25, 0.3) is 0 Å². The quantitative estimate of drug-likeness (QED) is 0.404. The second-order valence-electron chi connectivity index (χ2n) is 3.79. The van der Waals surface area contributed by atoms with Crippen LogP contribution >= 0.6 is 0 Å². The predicted octanol–water partition coefficient (Wildman–Crippen LogP) is 1.80. The first-order valence-corrected chi connectivity index (χ1v) is 5.37. The number of aryl methyl sites for hydroxylation is 1. The molecule has 4 nitrogen and oxygen atoms in total. The van der Waals surface area contributed by atoms with E-state index in [2.05, 4.69) is 4.99 Å². The summed E-state index contributed by atoms with van der Waals surface area (Å²) < 4.78 is 0. The Morgan fingerprint density at radius 3 is 2.69 bits per heavy atom. The summed E-state index contributed by atoms with van der Waals surface area (Å²) in [4.78, 5) is 4.08. The van der Waals surface area contributed by atoms with E-state index in [0.717, 1.165) is 31.4 Å². The number of aromatic hydroxyl groups is 2. The van der Waals surface area contributed by atoms with Crippen molar-refractivity contribution in [3.63, 3.8) is 0 Å². The van der Waals surface area contributed by atoms with Crippen molar-refractivity contribution < 1.29 is 10.2 Å². The summed E-state index contributed by atoms with van der Waals surface area (Å²) in [6.45, 7) is 2.49. The van der Waals surface area contributed by atoms with Crippen LogP contribution in [0.3, 0.4) is 0 Å². The molecule has 0 radical (unpaired) electrons. The molecule has 0 atom stereocenters. The van der Waals surface area contributed by atoms with Crippen LogP contribution < -0.4 is 5.73 Å². The molecule has 0 amide bonds. The van der Waals surface area contributed by atoms with Gasteiger partial charge in [0.05, 0.1) is 5.84 Å². The first kappa shape index (κ1) is 12.4. The van der Waals surface area contributed by atoms with Crippen molar-refractivity contribution in [2.45, 2.75) is 26.2 Å². The molecule has 0 aromatic heterocycles. The Hall–Kier alpha value is -1.71. The van der Waals surface area contributed by atoms with Crippen LogP contribution in [-0.2, 0) is 6.42 Å². The van der Waals surface area contributed by atoms with E-state index in [1.54, 1.807) is 19.1 Å². The standard InChI is InChI=1S/C12H18N2O2/c1-9(13)14-7-3-2-4-10-5-6-11(15)8-12(10)16/h5-6,8,15-16H,2-4,7H2,1H3,(H2,13,14). The van der Waals surface area contributed by atoms with Crippen LogP contribution in [0.4, 0.5) is 0 Å². The smallest absolute Gasteiger partial charge is 0.122 e. The van der Waals surface area contributed by atoms with E-state index in [-0.39, 0.29) is 11.5 Å². The Labute approximate surface area is 95.4 Å². The van der Waals surface area contributed by atoms with Gasteiger partial charge in [0, 0.05) is 12.6 Å². The lowest BCUT2D eigenvalue weighted by Crippen LogP contribution is -2.05. The zero-order valence-electron chi connectivity index (χ0n) is 9.48. The number of aliphatic imine (C=N–C) groups is 1. The molecule has 4 N–H and O–H groups in total. The summed E-state index contributed by atoms with van der Waals surface area (Å²) in [6.07, 6.45) is 2.66. The van der Waals surface area contributed by atoms with E-state index in [1.807, 2.05) is 0 Å². The zero-order valence-corrected chi connectivity index (χ0v) is 9.48. The third kappa shape index (κ3) is 4.21. The Bertz CT molecular complexity index is 371. The van der Waals surface area contributed by atoms with Crippen LogP contribution in [0.2, 0.25) is 0 Å². The van der Waals surface area contributed by atoms with Crippen molar-refractivity contribution in [3.05, 3.63) is 23.8 Å². The van der Waals surface area contributed by atoms with Gasteiger partial charge in [-0.3, -0.25) is 4.99 Å². The third-order valence-corrected chi connectivity index (χ3v) is 2.28. The molecular weight excluding hydrogens is 204 g/mol. The lowest BCUT2D eigenvalue weighted by molar-refractivity contribution is 0.445. The minimum atomic E-state index is 0.0876. The van der Waals surface area contributed by atoms with Crippen molar-refractivity contribution in [1.29, 1.82) is 0 Å². The molecule has 1 aromatic carbocycles. The summed E-state index contributed by atoms with van der Waals surface area (Å²) in [5.41, 5.74) is 6.26. The molecule has 1 rings (SSSR count). The molecule has 16 heavy (non-hydrogen) atoms. The summed E-state index contributed by atoms with van der Waals surface area (Å²) in [5.74, 6) is 0.843. The van der Waals surface area contributed by atoms with Gasteiger partial charge in [-0.1, -0.05) is 6.07 Å². The maximum atomic E-state index is 9.53. The average Bonchev–Trinajstić information content (AvgIpc) is 2.20. The lowest BCUT2D eigenvalue weighted by atomic mass is 10.1. The van der Waals surface area contributed by atoms with E-state index in [0.29, 0.717) is 5.84 Å². The molecule has 0 bridgehead atoms. The monoisotopic (exact) mass is 222 g/mol. The predicted molar refractivity (Wildman–Crippen MR) is 64.9 cm³/mol. The lowest BCUT2D eigenvalue weighted by Gasteiger charge is -2.04. The normalized spacial score (nSPS) is 11.7. The summed E-state index contributed by atoms with van der Waals surface area (Å²) in [6, 6.07) is 4.68. The van der Waals surface area contributed by atoms with Crippen molar-refractivity contribution in [1.82, 2.24) is 0 Å². The summed E-state index contributed by atoms with van der Waals surface area (Å²) >= 11 is 0. The van der Waals surface area contributed by atoms with Crippen molar-refractivity contribution in [2.75, 3.05) is 6.54 Å². The van der Waals surface area contributed by atoms with Crippen LogP contribution in [0, 0.1) is 0 Å². The summed E-state index contributed by atoms with van der Waals surface area (Å²) in [5, 5.41) is 18.6. The van der Waals surface area contributed by atoms with Gasteiger partial charge < -0.3 is 15.9 Å². The van der Waals surface area contributed by atoms with E-state index in [1.165, 1.54) is 6.07 Å². The molecule has 0 fully saturated rings. The SMILES string of the molecule is CC(N)=NCCCCc1ccc(O)cc1O. The van der Waals surface area contributed by atoms with Gasteiger partial charge in [-0.15, -0.1) is 0 Å². The average molecular weight is 222 g/mol. The summed E-state index contributed by atoms with van der Waals surface area (Å²) in [7, 11) is 0. The van der Waals surface area contributed by atoms with E-state index in [4.69, 9.17) is 10.8 Å². The number of amidine groups is 1. The number of phenolic OH excluding ortho intramolecular Hbond substituents is 2. The number of hydrogen-bond acceptors (Lipinski definition) is 3. The van der Waals surface area contributed by atoms with Crippen LogP contribution in [-0.4, -0.2) is 22.6 Å². The Kier molecular flexibility index (Phi) is 4.64. The van der Waals surface area contributed by atoms with Crippen LogP contribution in [0.1, 0.15) is 25.3 Å². The van der Waals surface area contributed by atoms with Gasteiger partial charge in [0.15, 0.2) is 0 Å². The second kappa shape index (κ2) is 6.00. The molecule has 0 unspecified atom stereocenters. The van der Waals surface area contributed by atoms with Crippen molar-refractivity contribution >= 4 is 5.84 Å². The highest BCUT2D eigenvalue weighted by atomic mass is 16.3. The molecule has 1 aromatic rings. The fourth-order valence-electron chi connectivity index (χ4n) is 1.45. The Balaban J connectivity index is 2.35. The molecule has 88 valence electrons. The van der Waals surface area contributed by atoms with Crippen LogP contribution in [0.15, 0.2) is 23.2 Å². The first-order valence-electron chi connectivity index (χ1n) is 5.37. The fourth-order valence-corrected chi connectivity index (χ4v) is 1.45. The fraction of sp³-hybridized carbons (Fsp3) is 0.417. The van der Waals surface area contributed by atoms with Gasteiger partial charge in [0.2, 0.25) is 0 Å². The largest absolute Gasteiger partial charge is 0.508 e. The minimum Gasteiger partial charge on any atom is -0.508 e. The minimum absolute atomic E-state index is 0.0876. The number of unbranched alkanes of at least 4 members (excludes halogenated alkanes) is 1. The topological polar surface area (TPSA) is 78.8 Å². The molecular formula is C12H18N2O2. The molecule has 0 aliphatic rings. The highest BCUT2D eigenvalue weighted by Crippen LogP contribution is 2.23. The van der Waals surface area contributed by atoms with Crippen LogP contribution in [0.25, 0.3) is 0 Å². The Morgan fingerprint density at radius 1 is 1.31 bits per heavy atom. The molecule has 0 heterocycles. The van der Waals surface area contributed by atoms with Crippen LogP contribution in [0.5, 0.6) is 11.5 Å². The number of nitrogens with two attached hydrogens (primary N) is 1. The third-order valence-electron chi connectivity index (χ3n) is 2.28. The number of benzene rings is 1. The number of phenols is 2. The second-order valence-corrected chi connectivity index (χ2v) is 3.79. The van der Waals surface area contributed by atoms with Crippen molar-refractivity contribution in [2.24, 2.45) is 10.7 Å². The molecule has 0 aliphatic carbocycles. The maximum absolute atomic E-state index is 9.53. The molecule has 4 heteroatoms. The zero-order chi connectivity index (χ0) is 12.0. The van der Waals surface area contributed by atoms with E-state index >= 15 is 0 Å². The van der Waals surface area contributed by atoms with Crippen molar-refractivity contribution in [3.8, 4) is 11.5 Å². The first-order chi connectivity index (χ1) is 7.59. The highest BCUT2D eigenvalue weighted by molar-refractivity contribution is 5.77. The molecule has 0 saturated carbocycles. The Morgan fingerprint density at radius 2 is 2.06 bits per heavy atom. The van der Waals surface area contributed by atoms with Gasteiger partial charge in [-0.25, -0.2) is 0 Å². The maximum Gasteiger partial charge on any atom is 0.122 e. The van der Waals surface area contributed by atoms with Gasteiger partial charge in [0.1, 0.15) is 11.5 Å². The molecule has 0 aliphatic heterocycles. The van der Waals surface area contributed by atoms with Gasteiger partial charge in [-0.2, -0.15) is 0 Å². The molecule has 0 spiro atoms. The van der Waals surface area contributed by atoms with E-state index < -0.39 is 0 Å². The number of hydrogen-bond donors (Lipinski definition) is 3. The highest BCUT2D eigenvalue weighted by Gasteiger charge is 2.01.